The lowest BCUT2D eigenvalue weighted by molar-refractivity contribution is -0.143. The third-order valence-corrected chi connectivity index (χ3v) is 8.13. The van der Waals surface area contributed by atoms with E-state index in [1.807, 2.05) is 54.6 Å². The van der Waals surface area contributed by atoms with Crippen LogP contribution in [0.25, 0.3) is 11.1 Å². The largest absolute Gasteiger partial charge is 0.480 e. The molecule has 9 nitrogen and oxygen atoms in total. The molecule has 1 aliphatic rings. The van der Waals surface area contributed by atoms with Crippen LogP contribution in [0.2, 0.25) is 0 Å². The molecule has 5 rings (SSSR count). The maximum atomic E-state index is 13.0. The topological polar surface area (TPSA) is 127 Å². The number of nitrogens with one attached hydrogen (secondary N) is 2. The van der Waals surface area contributed by atoms with Gasteiger partial charge in [0.25, 0.3) is 5.91 Å². The minimum atomic E-state index is -1.27. The Balaban J connectivity index is 1.14. The number of amides is 2. The first-order chi connectivity index (χ1) is 20.3. The highest BCUT2D eigenvalue weighted by atomic mass is 32.1. The SMILES string of the molecule is Cc1sc(CNC(=O)OCC2c3ccccc3-c3ccccc32)nc1C(=O)NC(C(=O)O)C(C)OCc1ccccc1. The molecule has 4 aromatic rings. The van der Waals surface area contributed by atoms with E-state index >= 15 is 0 Å². The molecule has 0 spiro atoms. The fraction of sp³-hybridized carbons (Fsp3) is 0.250. The van der Waals surface area contributed by atoms with Gasteiger partial charge in [-0.3, -0.25) is 4.79 Å². The average molecular weight is 586 g/mol. The third-order valence-electron chi connectivity index (χ3n) is 7.16. The van der Waals surface area contributed by atoms with Crippen LogP contribution in [0.3, 0.4) is 0 Å². The number of rotatable bonds is 11. The second-order valence-electron chi connectivity index (χ2n) is 9.98. The quantitative estimate of drug-likeness (QED) is 0.219. The van der Waals surface area contributed by atoms with E-state index in [-0.39, 0.29) is 31.4 Å². The fourth-order valence-corrected chi connectivity index (χ4v) is 5.89. The number of carboxylic acids is 1. The van der Waals surface area contributed by atoms with Crippen LogP contribution in [-0.2, 0) is 27.4 Å². The van der Waals surface area contributed by atoms with Crippen LogP contribution < -0.4 is 10.6 Å². The first-order valence-electron chi connectivity index (χ1n) is 13.6. The van der Waals surface area contributed by atoms with Gasteiger partial charge in [0.1, 0.15) is 17.3 Å². The summed E-state index contributed by atoms with van der Waals surface area (Å²) in [6.07, 6.45) is -1.38. The Bertz CT molecular complexity index is 1540. The van der Waals surface area contributed by atoms with Gasteiger partial charge in [0, 0.05) is 10.8 Å². The second kappa shape index (κ2) is 13.0. The molecule has 10 heteroatoms. The zero-order chi connectivity index (χ0) is 29.6. The number of benzene rings is 3. The third kappa shape index (κ3) is 6.50. The van der Waals surface area contributed by atoms with Gasteiger partial charge in [-0.2, -0.15) is 0 Å². The Labute approximate surface area is 247 Å². The zero-order valence-electron chi connectivity index (χ0n) is 23.2. The van der Waals surface area contributed by atoms with Gasteiger partial charge in [-0.1, -0.05) is 78.9 Å². The van der Waals surface area contributed by atoms with Crippen molar-refractivity contribution in [1.82, 2.24) is 15.6 Å². The van der Waals surface area contributed by atoms with Gasteiger partial charge in [-0.25, -0.2) is 14.6 Å². The molecule has 3 aromatic carbocycles. The highest BCUT2D eigenvalue weighted by Gasteiger charge is 2.30. The van der Waals surface area contributed by atoms with Gasteiger partial charge in [-0.05, 0) is 41.7 Å². The molecule has 42 heavy (non-hydrogen) atoms. The maximum Gasteiger partial charge on any atom is 0.407 e. The number of fused-ring (bicyclic) bond motifs is 3. The van der Waals surface area contributed by atoms with Crippen LogP contribution in [-0.4, -0.2) is 46.8 Å². The summed E-state index contributed by atoms with van der Waals surface area (Å²) in [6, 6.07) is 24.3. The molecule has 3 N–H and O–H groups in total. The van der Waals surface area contributed by atoms with E-state index in [0.29, 0.717) is 9.88 Å². The number of aromatic nitrogens is 1. The predicted octanol–water partition coefficient (Wildman–Crippen LogP) is 5.28. The molecular weight excluding hydrogens is 554 g/mol. The molecule has 1 aliphatic carbocycles. The summed E-state index contributed by atoms with van der Waals surface area (Å²) in [5.74, 6) is -1.89. The Morgan fingerprint density at radius 2 is 1.57 bits per heavy atom. The zero-order valence-corrected chi connectivity index (χ0v) is 24.0. The summed E-state index contributed by atoms with van der Waals surface area (Å²) < 4.78 is 11.3. The summed E-state index contributed by atoms with van der Waals surface area (Å²) in [7, 11) is 0. The number of alkyl carbamates (subject to hydrolysis) is 1. The summed E-state index contributed by atoms with van der Waals surface area (Å²) in [6.45, 7) is 3.77. The van der Waals surface area contributed by atoms with Crippen molar-refractivity contribution in [2.75, 3.05) is 6.61 Å². The van der Waals surface area contributed by atoms with E-state index in [1.165, 1.54) is 11.3 Å². The normalized spacial score (nSPS) is 13.5. The summed E-state index contributed by atoms with van der Waals surface area (Å²) in [4.78, 5) is 42.4. The number of aryl methyl sites for hydroxylation is 1. The molecule has 2 amide bonds. The number of ether oxygens (including phenoxy) is 2. The van der Waals surface area contributed by atoms with E-state index in [0.717, 1.165) is 27.8 Å². The standard InChI is InChI=1S/C32H31N3O6S/c1-19(40-17-21-10-4-3-5-11-21)28(31(37)38)35-30(36)29-20(2)42-27(34-29)16-33-32(39)41-18-26-24-14-8-6-12-22(24)23-13-7-9-15-25(23)26/h3-15,19,26,28H,16-18H2,1-2H3,(H,33,39)(H,35,36)(H,37,38). The van der Waals surface area contributed by atoms with Gasteiger partial charge in [0.05, 0.1) is 19.3 Å². The fourth-order valence-electron chi connectivity index (χ4n) is 5.02. The molecule has 0 aliphatic heterocycles. The Hall–Kier alpha value is -4.54. The van der Waals surface area contributed by atoms with E-state index in [4.69, 9.17) is 9.47 Å². The highest BCUT2D eigenvalue weighted by Crippen LogP contribution is 2.44. The Morgan fingerprint density at radius 3 is 2.21 bits per heavy atom. The number of carboxylic acid groups (broad SMARTS) is 1. The summed E-state index contributed by atoms with van der Waals surface area (Å²) >= 11 is 1.24. The summed E-state index contributed by atoms with van der Waals surface area (Å²) in [5.41, 5.74) is 5.53. The molecule has 0 radical (unpaired) electrons. The number of aliphatic carboxylic acids is 1. The van der Waals surface area contributed by atoms with Gasteiger partial charge in [0.2, 0.25) is 0 Å². The van der Waals surface area contributed by atoms with E-state index in [1.54, 1.807) is 13.8 Å². The molecular formula is C32H31N3O6S. The molecule has 216 valence electrons. The highest BCUT2D eigenvalue weighted by molar-refractivity contribution is 7.11. The van der Waals surface area contributed by atoms with E-state index in [9.17, 15) is 19.5 Å². The smallest absolute Gasteiger partial charge is 0.407 e. The van der Waals surface area contributed by atoms with Gasteiger partial charge in [-0.15, -0.1) is 11.3 Å². The van der Waals surface area contributed by atoms with Gasteiger partial charge >= 0.3 is 12.1 Å². The van der Waals surface area contributed by atoms with Crippen molar-refractivity contribution in [2.45, 2.75) is 45.1 Å². The van der Waals surface area contributed by atoms with Crippen molar-refractivity contribution < 1.29 is 29.0 Å². The number of nitrogens with zero attached hydrogens (tertiary/aromatic N) is 1. The molecule has 2 unspecified atom stereocenters. The monoisotopic (exact) mass is 585 g/mol. The molecule has 1 heterocycles. The van der Waals surface area contributed by atoms with Crippen LogP contribution in [0.15, 0.2) is 78.9 Å². The number of hydrogen-bond acceptors (Lipinski definition) is 7. The first kappa shape index (κ1) is 29.0. The minimum absolute atomic E-state index is 0.0539. The van der Waals surface area contributed by atoms with E-state index < -0.39 is 30.1 Å². The predicted molar refractivity (Wildman–Crippen MR) is 158 cm³/mol. The van der Waals surface area contributed by atoms with Crippen LogP contribution in [0.1, 0.15) is 49.9 Å². The summed E-state index contributed by atoms with van der Waals surface area (Å²) in [5, 5.41) is 15.4. The molecule has 2 atom stereocenters. The number of carbonyl (C=O) groups is 3. The average Bonchev–Trinajstić information content (AvgIpc) is 3.54. The number of hydrogen-bond donors (Lipinski definition) is 3. The minimum Gasteiger partial charge on any atom is -0.480 e. The van der Waals surface area contributed by atoms with Crippen LogP contribution in [0.5, 0.6) is 0 Å². The van der Waals surface area contributed by atoms with Crippen molar-refractivity contribution in [3.05, 3.63) is 111 Å². The van der Waals surface area contributed by atoms with Crippen molar-refractivity contribution in [1.29, 1.82) is 0 Å². The number of thiazole rings is 1. The van der Waals surface area contributed by atoms with Crippen LogP contribution in [0.4, 0.5) is 4.79 Å². The van der Waals surface area contributed by atoms with E-state index in [2.05, 4.69) is 39.9 Å². The van der Waals surface area contributed by atoms with Crippen molar-refractivity contribution in [3.8, 4) is 11.1 Å². The Kier molecular flexibility index (Phi) is 8.94. The lowest BCUT2D eigenvalue weighted by Crippen LogP contribution is -2.48. The molecule has 0 saturated carbocycles. The molecule has 0 saturated heterocycles. The van der Waals surface area contributed by atoms with Gasteiger partial charge in [0.15, 0.2) is 6.04 Å². The van der Waals surface area contributed by atoms with Crippen molar-refractivity contribution in [3.63, 3.8) is 0 Å². The first-order valence-corrected chi connectivity index (χ1v) is 14.4. The van der Waals surface area contributed by atoms with Gasteiger partial charge < -0.3 is 25.2 Å². The van der Waals surface area contributed by atoms with Crippen LogP contribution >= 0.6 is 11.3 Å². The number of carbonyl (C=O) groups excluding carboxylic acids is 2. The van der Waals surface area contributed by atoms with Crippen molar-refractivity contribution in [2.24, 2.45) is 0 Å². The molecule has 0 fully saturated rings. The second-order valence-corrected chi connectivity index (χ2v) is 11.3. The lowest BCUT2D eigenvalue weighted by atomic mass is 9.98. The van der Waals surface area contributed by atoms with Crippen molar-refractivity contribution >= 4 is 29.3 Å². The molecule has 0 bridgehead atoms. The Morgan fingerprint density at radius 1 is 0.952 bits per heavy atom. The maximum absolute atomic E-state index is 13.0. The lowest BCUT2D eigenvalue weighted by Gasteiger charge is -2.21. The van der Waals surface area contributed by atoms with Crippen LogP contribution in [0, 0.1) is 6.92 Å². The molecule has 1 aromatic heterocycles.